The maximum Gasteiger partial charge on any atom is 0.0138 e. The van der Waals surface area contributed by atoms with E-state index in [2.05, 4.69) is 206 Å². The van der Waals surface area contributed by atoms with Crippen molar-refractivity contribution >= 4 is 49.0 Å². The zero-order valence-electron chi connectivity index (χ0n) is 29.9. The average Bonchev–Trinajstić information content (AvgIpc) is 3.24. The monoisotopic (exact) mass is 686 g/mol. The van der Waals surface area contributed by atoms with Gasteiger partial charge in [0.2, 0.25) is 0 Å². The highest BCUT2D eigenvalue weighted by Gasteiger charge is 2.34. The molecule has 254 valence electrons. The Hall–Kier alpha value is -6.50. The van der Waals surface area contributed by atoms with Crippen LogP contribution in [-0.2, 0) is 0 Å². The standard InChI is InChI=1S/C54H38/c1-2-16-39-34-40(33-28-35(39)14-1)52-45-21-7-11-25-49(45)54(50-26-12-8-22-46(50)52)53-47-23-9-5-19-43(47)51(44-20-6-10-24-48(44)53)38-31-29-37(30-32-38)42-27-13-17-36-15-3-4-18-41(36)42/h1-35,39,43,47H. The van der Waals surface area contributed by atoms with Crippen molar-refractivity contribution in [3.63, 3.8) is 0 Å². The van der Waals surface area contributed by atoms with Gasteiger partial charge in [-0.05, 0) is 87.3 Å². The van der Waals surface area contributed by atoms with E-state index in [0.29, 0.717) is 11.8 Å². The Morgan fingerprint density at radius 2 is 0.870 bits per heavy atom. The summed E-state index contributed by atoms with van der Waals surface area (Å²) < 4.78 is 0. The Kier molecular flexibility index (Phi) is 7.23. The van der Waals surface area contributed by atoms with Crippen LogP contribution in [0.5, 0.6) is 0 Å². The fourth-order valence-corrected chi connectivity index (χ4v) is 9.80. The van der Waals surface area contributed by atoms with Crippen LogP contribution < -0.4 is 10.4 Å². The Balaban J connectivity index is 1.17. The molecule has 0 N–H and O–H groups in total. The van der Waals surface area contributed by atoms with E-state index in [-0.39, 0.29) is 11.8 Å². The minimum atomic E-state index is 0.184. The predicted molar refractivity (Wildman–Crippen MR) is 229 cm³/mol. The highest BCUT2D eigenvalue weighted by atomic mass is 14.4. The summed E-state index contributed by atoms with van der Waals surface area (Å²) in [5, 5.41) is 10.5. The van der Waals surface area contributed by atoms with Gasteiger partial charge in [-0.1, -0.05) is 206 Å². The summed E-state index contributed by atoms with van der Waals surface area (Å²) in [4.78, 5) is 0. The number of hydrogen-bond acceptors (Lipinski definition) is 0. The smallest absolute Gasteiger partial charge is 0.0138 e. The summed E-state index contributed by atoms with van der Waals surface area (Å²) in [5.74, 6) is 1.19. The van der Waals surface area contributed by atoms with Crippen LogP contribution >= 0.6 is 0 Å². The molecule has 0 saturated heterocycles. The zero-order chi connectivity index (χ0) is 35.6. The molecule has 0 aliphatic heterocycles. The molecule has 0 fully saturated rings. The third-order valence-corrected chi connectivity index (χ3v) is 12.2. The fourth-order valence-electron chi connectivity index (χ4n) is 9.80. The summed E-state index contributed by atoms with van der Waals surface area (Å²) in [6, 6.07) is 52.1. The first-order valence-corrected chi connectivity index (χ1v) is 19.3. The SMILES string of the molecule is C1=CC2C=CC(c3c4ccccc4c(C4=c5ccccc5=C(c5ccc(-c6cccc7ccccc67)cc5)C5C=CC=CC45)c4ccccc34)=CC2C=C1. The molecule has 0 heterocycles. The molecular weight excluding hydrogens is 649 g/mol. The second-order valence-corrected chi connectivity index (χ2v) is 15.0. The minimum Gasteiger partial charge on any atom is -0.0767 e. The topological polar surface area (TPSA) is 0 Å². The van der Waals surface area contributed by atoms with Crippen LogP contribution in [-0.4, -0.2) is 0 Å². The number of rotatable bonds is 4. The van der Waals surface area contributed by atoms with Crippen LogP contribution in [0.4, 0.5) is 0 Å². The summed E-state index contributed by atoms with van der Waals surface area (Å²) >= 11 is 0. The second-order valence-electron chi connectivity index (χ2n) is 15.0. The van der Waals surface area contributed by atoms with Crippen LogP contribution in [0.15, 0.2) is 206 Å². The van der Waals surface area contributed by atoms with E-state index in [1.54, 1.807) is 0 Å². The molecular formula is C54H38. The molecule has 0 nitrogen and oxygen atoms in total. The van der Waals surface area contributed by atoms with Gasteiger partial charge in [0, 0.05) is 23.7 Å². The van der Waals surface area contributed by atoms with Gasteiger partial charge in [0.05, 0.1) is 0 Å². The van der Waals surface area contributed by atoms with Gasteiger partial charge in [0.15, 0.2) is 0 Å². The number of hydrogen-bond donors (Lipinski definition) is 0. The molecule has 0 bridgehead atoms. The fraction of sp³-hybridized carbons (Fsp3) is 0.0741. The van der Waals surface area contributed by atoms with Crippen molar-refractivity contribution in [3.05, 3.63) is 233 Å². The van der Waals surface area contributed by atoms with Gasteiger partial charge in [-0.3, -0.25) is 0 Å². The van der Waals surface area contributed by atoms with Crippen molar-refractivity contribution in [2.75, 3.05) is 0 Å². The summed E-state index contributed by atoms with van der Waals surface area (Å²) in [7, 11) is 0. The summed E-state index contributed by atoms with van der Waals surface area (Å²) in [5.41, 5.74) is 10.6. The largest absolute Gasteiger partial charge is 0.0767 e. The van der Waals surface area contributed by atoms with Crippen LogP contribution in [0.1, 0.15) is 16.7 Å². The van der Waals surface area contributed by atoms with Gasteiger partial charge >= 0.3 is 0 Å². The maximum atomic E-state index is 2.49. The molecule has 0 aromatic heterocycles. The zero-order valence-corrected chi connectivity index (χ0v) is 29.9. The molecule has 7 aromatic carbocycles. The normalized spacial score (nSPS) is 21.0. The van der Waals surface area contributed by atoms with E-state index < -0.39 is 0 Å². The van der Waals surface area contributed by atoms with E-state index in [1.807, 2.05) is 0 Å². The molecule has 4 aliphatic rings. The van der Waals surface area contributed by atoms with Crippen LogP contribution in [0.25, 0.3) is 60.2 Å². The lowest BCUT2D eigenvalue weighted by Crippen LogP contribution is -2.40. The van der Waals surface area contributed by atoms with E-state index in [9.17, 15) is 0 Å². The highest BCUT2D eigenvalue weighted by molar-refractivity contribution is 6.17. The van der Waals surface area contributed by atoms with E-state index in [4.69, 9.17) is 0 Å². The van der Waals surface area contributed by atoms with Crippen molar-refractivity contribution in [3.8, 4) is 11.1 Å². The average molecular weight is 687 g/mol. The number of benzene rings is 7. The highest BCUT2D eigenvalue weighted by Crippen LogP contribution is 2.47. The Bertz CT molecular complexity index is 2930. The van der Waals surface area contributed by atoms with Gasteiger partial charge in [0.1, 0.15) is 0 Å². The van der Waals surface area contributed by atoms with Crippen molar-refractivity contribution < 1.29 is 0 Å². The van der Waals surface area contributed by atoms with Gasteiger partial charge in [-0.25, -0.2) is 0 Å². The number of fused-ring (bicyclic) bond motifs is 6. The first kappa shape index (κ1) is 31.1. The second kappa shape index (κ2) is 12.6. The molecule has 54 heavy (non-hydrogen) atoms. The van der Waals surface area contributed by atoms with E-state index in [1.165, 1.54) is 87.3 Å². The molecule has 4 aliphatic carbocycles. The van der Waals surface area contributed by atoms with E-state index >= 15 is 0 Å². The molecule has 4 atom stereocenters. The van der Waals surface area contributed by atoms with E-state index in [0.717, 1.165) is 0 Å². The lowest BCUT2D eigenvalue weighted by molar-refractivity contribution is 0.663. The van der Waals surface area contributed by atoms with Gasteiger partial charge in [-0.15, -0.1) is 0 Å². The quantitative estimate of drug-likeness (QED) is 0.162. The van der Waals surface area contributed by atoms with Crippen molar-refractivity contribution in [1.82, 2.24) is 0 Å². The lowest BCUT2D eigenvalue weighted by atomic mass is 9.68. The van der Waals surface area contributed by atoms with Crippen LogP contribution in [0, 0.1) is 23.7 Å². The summed E-state index contributed by atoms with van der Waals surface area (Å²) in [6.07, 6.45) is 25.7. The molecule has 0 radical (unpaired) electrons. The van der Waals surface area contributed by atoms with Gasteiger partial charge in [-0.2, -0.15) is 0 Å². The van der Waals surface area contributed by atoms with Crippen LogP contribution in [0.2, 0.25) is 0 Å². The van der Waals surface area contributed by atoms with Crippen molar-refractivity contribution in [1.29, 1.82) is 0 Å². The molecule has 4 unspecified atom stereocenters. The Labute approximate surface area is 316 Å². The third-order valence-electron chi connectivity index (χ3n) is 12.2. The molecule has 0 spiro atoms. The first-order chi connectivity index (χ1) is 26.8. The maximum absolute atomic E-state index is 2.49. The molecule has 11 rings (SSSR count). The molecule has 0 heteroatoms. The third kappa shape index (κ3) is 4.84. The number of allylic oxidation sites excluding steroid dienone is 12. The minimum absolute atomic E-state index is 0.184. The Morgan fingerprint density at radius 1 is 0.352 bits per heavy atom. The van der Waals surface area contributed by atoms with Crippen LogP contribution in [0.3, 0.4) is 0 Å². The molecule has 7 aromatic rings. The lowest BCUT2D eigenvalue weighted by Gasteiger charge is -2.34. The Morgan fingerprint density at radius 3 is 1.57 bits per heavy atom. The van der Waals surface area contributed by atoms with Gasteiger partial charge in [0.25, 0.3) is 0 Å². The molecule has 0 amide bonds. The first-order valence-electron chi connectivity index (χ1n) is 19.3. The van der Waals surface area contributed by atoms with Gasteiger partial charge < -0.3 is 0 Å². The predicted octanol–water partition coefficient (Wildman–Crippen LogP) is 11.9. The molecule has 0 saturated carbocycles. The van der Waals surface area contributed by atoms with Crippen molar-refractivity contribution in [2.24, 2.45) is 23.7 Å². The summed E-state index contributed by atoms with van der Waals surface area (Å²) in [6.45, 7) is 0. The van der Waals surface area contributed by atoms with Crippen molar-refractivity contribution in [2.45, 2.75) is 0 Å².